The zero-order chi connectivity index (χ0) is 15.7. The number of benzene rings is 1. The number of ether oxygens (including phenoxy) is 2. The molecule has 0 aliphatic rings. The number of carbonyl (C=O) groups excluding carboxylic acids is 1. The molecule has 2 N–H and O–H groups in total. The van der Waals surface area contributed by atoms with Gasteiger partial charge >= 0.3 is 6.03 Å². The van der Waals surface area contributed by atoms with E-state index >= 15 is 0 Å². The van der Waals surface area contributed by atoms with Gasteiger partial charge in [-0.1, -0.05) is 13.8 Å². The van der Waals surface area contributed by atoms with Crippen molar-refractivity contribution < 1.29 is 14.3 Å². The number of urea groups is 1. The molecule has 1 rings (SSSR count). The SMILES string of the molecule is CCN(CC)CCNC(=O)Nc1ccc(OC)c(OC)c1. The van der Waals surface area contributed by atoms with Crippen molar-refractivity contribution in [2.24, 2.45) is 0 Å². The number of amides is 2. The third kappa shape index (κ3) is 5.51. The van der Waals surface area contributed by atoms with Crippen LogP contribution in [0.1, 0.15) is 13.8 Å². The first-order chi connectivity index (χ1) is 10.1. The molecule has 118 valence electrons. The lowest BCUT2D eigenvalue weighted by Crippen LogP contribution is -2.36. The molecule has 6 nitrogen and oxygen atoms in total. The molecule has 0 aromatic heterocycles. The summed E-state index contributed by atoms with van der Waals surface area (Å²) in [6.45, 7) is 7.62. The van der Waals surface area contributed by atoms with Crippen LogP contribution in [0.3, 0.4) is 0 Å². The minimum absolute atomic E-state index is 0.227. The van der Waals surface area contributed by atoms with Gasteiger partial charge in [-0.05, 0) is 25.2 Å². The van der Waals surface area contributed by atoms with Gasteiger partial charge in [0, 0.05) is 24.8 Å². The summed E-state index contributed by atoms with van der Waals surface area (Å²) in [4.78, 5) is 14.1. The number of likely N-dealkylation sites (N-methyl/N-ethyl adjacent to an activating group) is 1. The molecule has 0 bridgehead atoms. The largest absolute Gasteiger partial charge is 0.493 e. The molecule has 6 heteroatoms. The Morgan fingerprint density at radius 1 is 1.14 bits per heavy atom. The highest BCUT2D eigenvalue weighted by Gasteiger charge is 2.07. The van der Waals surface area contributed by atoms with Crippen molar-refractivity contribution in [3.63, 3.8) is 0 Å². The lowest BCUT2D eigenvalue weighted by atomic mass is 10.3. The molecule has 0 fully saturated rings. The molecule has 0 radical (unpaired) electrons. The van der Waals surface area contributed by atoms with Crippen molar-refractivity contribution in [2.75, 3.05) is 45.7 Å². The second-order valence-corrected chi connectivity index (χ2v) is 4.48. The zero-order valence-electron chi connectivity index (χ0n) is 13.2. The molecule has 0 saturated carbocycles. The fraction of sp³-hybridized carbons (Fsp3) is 0.533. The molecule has 0 atom stereocenters. The summed E-state index contributed by atoms with van der Waals surface area (Å²) in [5.74, 6) is 1.21. The van der Waals surface area contributed by atoms with Gasteiger partial charge < -0.3 is 25.0 Å². The Morgan fingerprint density at radius 3 is 2.38 bits per heavy atom. The summed E-state index contributed by atoms with van der Waals surface area (Å²) >= 11 is 0. The van der Waals surface area contributed by atoms with Gasteiger partial charge in [-0.3, -0.25) is 0 Å². The number of carbonyl (C=O) groups is 1. The van der Waals surface area contributed by atoms with Crippen LogP contribution in [-0.4, -0.2) is 51.3 Å². The number of nitrogens with one attached hydrogen (secondary N) is 2. The van der Waals surface area contributed by atoms with Crippen molar-refractivity contribution in [1.82, 2.24) is 10.2 Å². The standard InChI is InChI=1S/C15H25N3O3/c1-5-18(6-2)10-9-16-15(19)17-12-7-8-13(20-3)14(11-12)21-4/h7-8,11H,5-6,9-10H2,1-4H3,(H2,16,17,19). The monoisotopic (exact) mass is 295 g/mol. The van der Waals surface area contributed by atoms with E-state index in [9.17, 15) is 4.79 Å². The minimum Gasteiger partial charge on any atom is -0.493 e. The summed E-state index contributed by atoms with van der Waals surface area (Å²) < 4.78 is 10.4. The summed E-state index contributed by atoms with van der Waals surface area (Å²) in [5, 5.41) is 5.61. The Labute approximate surface area is 126 Å². The van der Waals surface area contributed by atoms with E-state index in [0.29, 0.717) is 23.7 Å². The van der Waals surface area contributed by atoms with Gasteiger partial charge in [0.15, 0.2) is 11.5 Å². The Hall–Kier alpha value is -1.95. The van der Waals surface area contributed by atoms with Crippen molar-refractivity contribution in [3.05, 3.63) is 18.2 Å². The number of nitrogens with zero attached hydrogens (tertiary/aromatic N) is 1. The molecule has 0 heterocycles. The molecule has 0 spiro atoms. The van der Waals surface area contributed by atoms with E-state index in [1.54, 1.807) is 32.4 Å². The van der Waals surface area contributed by atoms with Gasteiger partial charge in [-0.2, -0.15) is 0 Å². The van der Waals surface area contributed by atoms with Crippen LogP contribution < -0.4 is 20.1 Å². The summed E-state index contributed by atoms with van der Waals surface area (Å²) in [7, 11) is 3.14. The van der Waals surface area contributed by atoms with E-state index < -0.39 is 0 Å². The second-order valence-electron chi connectivity index (χ2n) is 4.48. The first-order valence-electron chi connectivity index (χ1n) is 7.13. The van der Waals surface area contributed by atoms with Crippen LogP contribution in [0, 0.1) is 0 Å². The van der Waals surface area contributed by atoms with Crippen molar-refractivity contribution in [1.29, 1.82) is 0 Å². The predicted molar refractivity (Wildman–Crippen MR) is 84.4 cm³/mol. The highest BCUT2D eigenvalue weighted by Crippen LogP contribution is 2.29. The first kappa shape index (κ1) is 17.1. The van der Waals surface area contributed by atoms with Gasteiger partial charge in [-0.15, -0.1) is 0 Å². The van der Waals surface area contributed by atoms with Gasteiger partial charge in [0.05, 0.1) is 14.2 Å². The first-order valence-corrected chi connectivity index (χ1v) is 7.13. The normalized spacial score (nSPS) is 10.3. The molecule has 0 unspecified atom stereocenters. The average Bonchev–Trinajstić information content (AvgIpc) is 2.51. The van der Waals surface area contributed by atoms with Crippen LogP contribution in [0.2, 0.25) is 0 Å². The summed E-state index contributed by atoms with van der Waals surface area (Å²) in [5.41, 5.74) is 0.660. The van der Waals surface area contributed by atoms with Crippen LogP contribution in [0.4, 0.5) is 10.5 Å². The van der Waals surface area contributed by atoms with Gasteiger partial charge in [-0.25, -0.2) is 4.79 Å². The van der Waals surface area contributed by atoms with E-state index in [1.807, 2.05) is 0 Å². The Balaban J connectivity index is 2.47. The van der Waals surface area contributed by atoms with E-state index in [1.165, 1.54) is 0 Å². The number of hydrogen-bond acceptors (Lipinski definition) is 4. The number of hydrogen-bond donors (Lipinski definition) is 2. The molecule has 0 saturated heterocycles. The molecule has 0 aliphatic heterocycles. The molecule has 1 aromatic carbocycles. The summed E-state index contributed by atoms with van der Waals surface area (Å²) in [6.07, 6.45) is 0. The highest BCUT2D eigenvalue weighted by atomic mass is 16.5. The fourth-order valence-electron chi connectivity index (χ4n) is 1.96. The topological polar surface area (TPSA) is 62.8 Å². The summed E-state index contributed by atoms with van der Waals surface area (Å²) in [6, 6.07) is 5.02. The van der Waals surface area contributed by atoms with Crippen molar-refractivity contribution in [3.8, 4) is 11.5 Å². The highest BCUT2D eigenvalue weighted by molar-refractivity contribution is 5.89. The quantitative estimate of drug-likeness (QED) is 0.771. The smallest absolute Gasteiger partial charge is 0.319 e. The Kier molecular flexibility index (Phi) is 7.39. The van der Waals surface area contributed by atoms with Crippen LogP contribution in [0.15, 0.2) is 18.2 Å². The van der Waals surface area contributed by atoms with Gasteiger partial charge in [0.2, 0.25) is 0 Å². The van der Waals surface area contributed by atoms with Crippen molar-refractivity contribution in [2.45, 2.75) is 13.8 Å². The second kappa shape index (κ2) is 9.07. The molecule has 21 heavy (non-hydrogen) atoms. The Morgan fingerprint density at radius 2 is 1.81 bits per heavy atom. The molecular weight excluding hydrogens is 270 g/mol. The maximum absolute atomic E-state index is 11.8. The number of methoxy groups -OCH3 is 2. The van der Waals surface area contributed by atoms with Crippen LogP contribution in [0.5, 0.6) is 11.5 Å². The minimum atomic E-state index is -0.227. The van der Waals surface area contributed by atoms with Gasteiger partial charge in [0.25, 0.3) is 0 Å². The van der Waals surface area contributed by atoms with E-state index in [2.05, 4.69) is 29.4 Å². The van der Waals surface area contributed by atoms with Crippen LogP contribution >= 0.6 is 0 Å². The predicted octanol–water partition coefficient (Wildman–Crippen LogP) is 2.17. The Bertz CT molecular complexity index is 448. The van der Waals surface area contributed by atoms with E-state index in [0.717, 1.165) is 19.6 Å². The van der Waals surface area contributed by atoms with E-state index in [-0.39, 0.29) is 6.03 Å². The number of rotatable bonds is 8. The van der Waals surface area contributed by atoms with E-state index in [4.69, 9.17) is 9.47 Å². The van der Waals surface area contributed by atoms with Crippen molar-refractivity contribution >= 4 is 11.7 Å². The maximum Gasteiger partial charge on any atom is 0.319 e. The molecule has 1 aromatic rings. The molecular formula is C15H25N3O3. The lowest BCUT2D eigenvalue weighted by molar-refractivity contribution is 0.248. The fourth-order valence-corrected chi connectivity index (χ4v) is 1.96. The number of anilines is 1. The average molecular weight is 295 g/mol. The van der Waals surface area contributed by atoms with Crippen LogP contribution in [-0.2, 0) is 0 Å². The molecule has 0 aliphatic carbocycles. The third-order valence-corrected chi connectivity index (χ3v) is 3.25. The van der Waals surface area contributed by atoms with Gasteiger partial charge in [0.1, 0.15) is 0 Å². The maximum atomic E-state index is 11.8. The third-order valence-electron chi connectivity index (χ3n) is 3.25. The lowest BCUT2D eigenvalue weighted by Gasteiger charge is -2.18. The molecule has 2 amide bonds. The van der Waals surface area contributed by atoms with Crippen LogP contribution in [0.25, 0.3) is 0 Å². The zero-order valence-corrected chi connectivity index (χ0v) is 13.2.